The van der Waals surface area contributed by atoms with E-state index in [1.165, 1.54) is 4.90 Å². The minimum Gasteiger partial charge on any atom is -0.307 e. The van der Waals surface area contributed by atoms with Crippen LogP contribution in [0.15, 0.2) is 47.6 Å². The fourth-order valence-electron chi connectivity index (χ4n) is 2.26. The summed E-state index contributed by atoms with van der Waals surface area (Å²) in [7, 11) is 0. The van der Waals surface area contributed by atoms with Crippen molar-refractivity contribution in [1.82, 2.24) is 4.98 Å². The largest absolute Gasteiger partial charge is 0.333 e. The van der Waals surface area contributed by atoms with Crippen molar-refractivity contribution in [1.29, 1.82) is 0 Å². The molecular formula is C17H17ClN4OS. The van der Waals surface area contributed by atoms with E-state index >= 15 is 0 Å². The van der Waals surface area contributed by atoms with Crippen LogP contribution < -0.4 is 10.2 Å². The average Bonchev–Trinajstić information content (AvgIpc) is 2.93. The second kappa shape index (κ2) is 7.23. The summed E-state index contributed by atoms with van der Waals surface area (Å²) < 4.78 is 0. The van der Waals surface area contributed by atoms with Gasteiger partial charge in [-0.25, -0.2) is 14.7 Å². The first-order valence-corrected chi connectivity index (χ1v) is 8.79. The van der Waals surface area contributed by atoms with Gasteiger partial charge in [-0.05, 0) is 42.8 Å². The van der Waals surface area contributed by atoms with Crippen LogP contribution in [0.25, 0.3) is 0 Å². The van der Waals surface area contributed by atoms with Gasteiger partial charge < -0.3 is 5.32 Å². The fourth-order valence-corrected chi connectivity index (χ4v) is 3.39. The lowest BCUT2D eigenvalue weighted by molar-refractivity contribution is 0.259. The molecule has 24 heavy (non-hydrogen) atoms. The van der Waals surface area contributed by atoms with Gasteiger partial charge in [0.2, 0.25) is 0 Å². The first kappa shape index (κ1) is 16.8. The summed E-state index contributed by atoms with van der Waals surface area (Å²) in [6.45, 7) is 4.73. The van der Waals surface area contributed by atoms with Crippen molar-refractivity contribution in [2.24, 2.45) is 4.99 Å². The Bertz CT molecular complexity index is 796. The molecule has 3 rings (SSSR count). The van der Waals surface area contributed by atoms with Gasteiger partial charge in [-0.3, -0.25) is 4.99 Å². The molecule has 5 nitrogen and oxygen atoms in total. The second-order valence-electron chi connectivity index (χ2n) is 5.52. The number of carbonyl (C=O) groups excluding carboxylic acids is 1. The molecule has 0 unspecified atom stereocenters. The number of thioether (sulfide) groups is 1. The summed E-state index contributed by atoms with van der Waals surface area (Å²) in [6.07, 6.45) is 1.69. The van der Waals surface area contributed by atoms with Crippen molar-refractivity contribution < 1.29 is 4.79 Å². The molecule has 2 aromatic rings. The van der Waals surface area contributed by atoms with Crippen LogP contribution in [0.1, 0.15) is 12.5 Å². The Morgan fingerprint density at radius 1 is 1.38 bits per heavy atom. The van der Waals surface area contributed by atoms with Crippen LogP contribution in [0.5, 0.6) is 0 Å². The number of hydrogen-bond acceptors (Lipinski definition) is 4. The molecule has 2 amide bonds. The molecule has 0 spiro atoms. The van der Waals surface area contributed by atoms with Gasteiger partial charge in [0, 0.05) is 22.2 Å². The first-order valence-electron chi connectivity index (χ1n) is 7.53. The van der Waals surface area contributed by atoms with Crippen molar-refractivity contribution in [2.75, 3.05) is 16.8 Å². The van der Waals surface area contributed by atoms with E-state index in [2.05, 4.69) is 22.2 Å². The average molecular weight is 361 g/mol. The number of amides is 2. The number of pyridine rings is 1. The maximum absolute atomic E-state index is 12.9. The van der Waals surface area contributed by atoms with Gasteiger partial charge in [0.15, 0.2) is 5.17 Å². The number of nitrogens with zero attached hydrogens (tertiary/aromatic N) is 3. The SMILES string of the molecule is Cc1ccnc(N(C(=O)Nc2cccc(Cl)c2)C2=NC[C@H](C)S2)c1. The first-order chi connectivity index (χ1) is 11.5. The quantitative estimate of drug-likeness (QED) is 0.853. The Morgan fingerprint density at radius 3 is 2.88 bits per heavy atom. The van der Waals surface area contributed by atoms with E-state index in [1.807, 2.05) is 19.1 Å². The number of benzene rings is 1. The number of anilines is 2. The van der Waals surface area contributed by atoms with Crippen LogP contribution in [0.4, 0.5) is 16.3 Å². The maximum Gasteiger partial charge on any atom is 0.333 e. The highest BCUT2D eigenvalue weighted by molar-refractivity contribution is 8.15. The zero-order valence-corrected chi connectivity index (χ0v) is 14.9. The van der Waals surface area contributed by atoms with Crippen molar-refractivity contribution in [2.45, 2.75) is 19.1 Å². The van der Waals surface area contributed by atoms with E-state index in [-0.39, 0.29) is 6.03 Å². The van der Waals surface area contributed by atoms with E-state index in [9.17, 15) is 4.79 Å². The molecule has 1 aliphatic heterocycles. The predicted octanol–water partition coefficient (Wildman–Crippen LogP) is 4.57. The topological polar surface area (TPSA) is 57.6 Å². The number of aryl methyl sites for hydroxylation is 1. The Hall–Kier alpha value is -2.05. The van der Waals surface area contributed by atoms with E-state index in [0.29, 0.717) is 33.5 Å². The molecule has 0 radical (unpaired) electrons. The van der Waals surface area contributed by atoms with Gasteiger partial charge in [-0.15, -0.1) is 0 Å². The Balaban J connectivity index is 1.91. The maximum atomic E-state index is 12.9. The lowest BCUT2D eigenvalue weighted by atomic mass is 10.3. The van der Waals surface area contributed by atoms with Gasteiger partial charge in [0.25, 0.3) is 0 Å². The third-order valence-corrected chi connectivity index (χ3v) is 4.70. The molecule has 1 atom stereocenters. The van der Waals surface area contributed by atoms with Gasteiger partial charge in [0.1, 0.15) is 5.82 Å². The third-order valence-electron chi connectivity index (χ3n) is 3.39. The fraction of sp³-hybridized carbons (Fsp3) is 0.235. The number of amidine groups is 1. The molecule has 2 heterocycles. The van der Waals surface area contributed by atoms with Gasteiger partial charge in [-0.2, -0.15) is 0 Å². The van der Waals surface area contributed by atoms with Gasteiger partial charge >= 0.3 is 6.03 Å². The van der Waals surface area contributed by atoms with Crippen LogP contribution in [0.2, 0.25) is 5.02 Å². The van der Waals surface area contributed by atoms with Crippen LogP contribution in [0.3, 0.4) is 0 Å². The zero-order chi connectivity index (χ0) is 17.1. The lowest BCUT2D eigenvalue weighted by Gasteiger charge is -2.22. The molecule has 1 N–H and O–H groups in total. The van der Waals surface area contributed by atoms with Crippen LogP contribution in [-0.4, -0.2) is 28.0 Å². The predicted molar refractivity (Wildman–Crippen MR) is 101 cm³/mol. The molecule has 0 bridgehead atoms. The van der Waals surface area contributed by atoms with E-state index < -0.39 is 0 Å². The summed E-state index contributed by atoms with van der Waals surface area (Å²) in [6, 6.07) is 10.5. The summed E-state index contributed by atoms with van der Waals surface area (Å²) in [5.74, 6) is 0.551. The molecule has 1 aromatic carbocycles. The lowest BCUT2D eigenvalue weighted by Crippen LogP contribution is -2.39. The zero-order valence-electron chi connectivity index (χ0n) is 13.4. The molecule has 7 heteroatoms. The summed E-state index contributed by atoms with van der Waals surface area (Å²) >= 11 is 7.55. The highest BCUT2D eigenvalue weighted by atomic mass is 35.5. The number of aliphatic imine (C=N–C) groups is 1. The van der Waals surface area contributed by atoms with Crippen LogP contribution in [0, 0.1) is 6.92 Å². The Morgan fingerprint density at radius 2 is 2.21 bits per heavy atom. The smallest absolute Gasteiger partial charge is 0.307 e. The molecule has 1 aliphatic rings. The van der Waals surface area contributed by atoms with Gasteiger partial charge in [0.05, 0.1) is 6.54 Å². The summed E-state index contributed by atoms with van der Waals surface area (Å²) in [5.41, 5.74) is 1.65. The highest BCUT2D eigenvalue weighted by Gasteiger charge is 2.28. The number of carbonyl (C=O) groups is 1. The van der Waals surface area contributed by atoms with Crippen molar-refractivity contribution in [3.63, 3.8) is 0 Å². The summed E-state index contributed by atoms with van der Waals surface area (Å²) in [5, 5.41) is 4.42. The number of nitrogens with one attached hydrogen (secondary N) is 1. The standard InChI is InChI=1S/C17H17ClN4OS/c1-11-6-7-19-15(8-11)22(17-20-10-12(2)24-17)16(23)21-14-5-3-4-13(18)9-14/h3-9,12H,10H2,1-2H3,(H,21,23)/t12-/m0/s1. The van der Waals surface area contributed by atoms with E-state index in [4.69, 9.17) is 11.6 Å². The summed E-state index contributed by atoms with van der Waals surface area (Å²) in [4.78, 5) is 23.2. The molecular weight excluding hydrogens is 344 g/mol. The molecule has 0 saturated heterocycles. The van der Waals surface area contributed by atoms with Crippen molar-refractivity contribution in [3.8, 4) is 0 Å². The monoisotopic (exact) mass is 360 g/mol. The molecule has 124 valence electrons. The molecule has 0 fully saturated rings. The second-order valence-corrected chi connectivity index (χ2v) is 7.36. The number of hydrogen-bond donors (Lipinski definition) is 1. The minimum absolute atomic E-state index is 0.310. The normalized spacial score (nSPS) is 16.6. The number of urea groups is 1. The van der Waals surface area contributed by atoms with Crippen LogP contribution >= 0.6 is 23.4 Å². The number of halogens is 1. The molecule has 0 saturated carbocycles. The molecule has 1 aromatic heterocycles. The Labute approximate surface area is 150 Å². The minimum atomic E-state index is -0.310. The third kappa shape index (κ3) is 3.88. The number of rotatable bonds is 2. The van der Waals surface area contributed by atoms with Crippen LogP contribution in [-0.2, 0) is 0 Å². The van der Waals surface area contributed by atoms with E-state index in [0.717, 1.165) is 5.56 Å². The van der Waals surface area contributed by atoms with Crippen molar-refractivity contribution in [3.05, 3.63) is 53.2 Å². The molecule has 0 aliphatic carbocycles. The van der Waals surface area contributed by atoms with E-state index in [1.54, 1.807) is 42.2 Å². The van der Waals surface area contributed by atoms with Gasteiger partial charge in [-0.1, -0.05) is 36.4 Å². The highest BCUT2D eigenvalue weighted by Crippen LogP contribution is 2.27. The Kier molecular flexibility index (Phi) is 5.06. The van der Waals surface area contributed by atoms with Crippen molar-refractivity contribution >= 4 is 46.1 Å². The number of aromatic nitrogens is 1.